The van der Waals surface area contributed by atoms with E-state index in [-0.39, 0.29) is 37.9 Å². The number of carbonyl (C=O) groups is 1. The van der Waals surface area contributed by atoms with Crippen molar-refractivity contribution in [2.75, 3.05) is 30.8 Å². The first kappa shape index (κ1) is 26.0. The van der Waals surface area contributed by atoms with E-state index in [1.165, 1.54) is 9.80 Å². The van der Waals surface area contributed by atoms with Crippen LogP contribution >= 0.6 is 0 Å². The molecule has 196 valence electrons. The van der Waals surface area contributed by atoms with Gasteiger partial charge in [0.1, 0.15) is 10.7 Å². The highest BCUT2D eigenvalue weighted by Crippen LogP contribution is 2.33. The molecular weight excluding hydrogens is 516 g/mol. The lowest BCUT2D eigenvalue weighted by Gasteiger charge is -2.37. The van der Waals surface area contributed by atoms with Crippen molar-refractivity contribution in [2.24, 2.45) is 0 Å². The Bertz CT molecular complexity index is 1280. The molecule has 4 rings (SSSR count). The Hall–Kier alpha value is -3.03. The van der Waals surface area contributed by atoms with Crippen LogP contribution in [0.3, 0.4) is 0 Å². The Morgan fingerprint density at radius 3 is 2.22 bits per heavy atom. The molecule has 2 aromatic rings. The zero-order valence-electron chi connectivity index (χ0n) is 18.9. The zero-order valence-corrected chi connectivity index (χ0v) is 19.7. The summed E-state index contributed by atoms with van der Waals surface area (Å²) in [6, 6.07) is 1.21. The van der Waals surface area contributed by atoms with Crippen LogP contribution in [0.25, 0.3) is 0 Å². The lowest BCUT2D eigenvalue weighted by Crippen LogP contribution is -2.47. The minimum atomic E-state index is -4.71. The Labute approximate surface area is 202 Å². The van der Waals surface area contributed by atoms with E-state index in [2.05, 4.69) is 4.98 Å². The van der Waals surface area contributed by atoms with Crippen molar-refractivity contribution in [3.8, 4) is 5.75 Å². The molecule has 7 nitrogen and oxygen atoms in total. The summed E-state index contributed by atoms with van der Waals surface area (Å²) in [5.74, 6) is -4.66. The van der Waals surface area contributed by atoms with Crippen LogP contribution in [0.15, 0.2) is 29.3 Å². The maximum Gasteiger partial charge on any atom is 0.417 e. The van der Waals surface area contributed by atoms with Crippen molar-refractivity contribution < 1.29 is 44.3 Å². The van der Waals surface area contributed by atoms with Gasteiger partial charge in [0.15, 0.2) is 39.1 Å². The topological polar surface area (TPSA) is 79.8 Å². The van der Waals surface area contributed by atoms with Crippen molar-refractivity contribution in [1.82, 2.24) is 9.88 Å². The van der Waals surface area contributed by atoms with Gasteiger partial charge in [0.25, 0.3) is 5.91 Å². The molecule has 2 aliphatic heterocycles. The lowest BCUT2D eigenvalue weighted by molar-refractivity contribution is -0.138. The van der Waals surface area contributed by atoms with Crippen molar-refractivity contribution in [2.45, 2.75) is 42.5 Å². The van der Waals surface area contributed by atoms with E-state index in [0.29, 0.717) is 37.2 Å². The van der Waals surface area contributed by atoms with Crippen molar-refractivity contribution in [3.05, 3.63) is 47.4 Å². The quantitative estimate of drug-likeness (QED) is 0.543. The van der Waals surface area contributed by atoms with Crippen LogP contribution < -0.4 is 9.64 Å². The highest BCUT2D eigenvalue weighted by atomic mass is 32.2. The Morgan fingerprint density at radius 1 is 0.972 bits per heavy atom. The number of benzene rings is 1. The van der Waals surface area contributed by atoms with Crippen LogP contribution in [0, 0.1) is 17.5 Å². The lowest BCUT2D eigenvalue weighted by atomic mass is 10.0. The number of hydrogen-bond acceptors (Lipinski definition) is 6. The largest absolute Gasteiger partial charge is 0.477 e. The fourth-order valence-electron chi connectivity index (χ4n) is 4.39. The number of alkyl halides is 3. The summed E-state index contributed by atoms with van der Waals surface area (Å²) in [6.45, 7) is 0.747. The molecule has 0 N–H and O–H groups in total. The predicted molar refractivity (Wildman–Crippen MR) is 115 cm³/mol. The van der Waals surface area contributed by atoms with Gasteiger partial charge in [0.05, 0.1) is 5.56 Å². The van der Waals surface area contributed by atoms with E-state index in [9.17, 15) is 39.6 Å². The number of likely N-dealkylation sites (tertiary alicyclic amines) is 1. The standard InChI is InChI=1S/C22H21F6N3O4S/c1-36(33,34)19-10-14(23)18(9-15(19)24)35-17-4-7-31(21(17)32)13-2-5-30(6-3-13)20-16(25)8-12(11-29-20)22(26,27)28/h8-11,13,17H,2-7H2,1H3. The van der Waals surface area contributed by atoms with E-state index < -0.39 is 61.7 Å². The molecule has 14 heteroatoms. The van der Waals surface area contributed by atoms with Crippen LogP contribution in [0.4, 0.5) is 32.2 Å². The molecule has 0 radical (unpaired) electrons. The maximum atomic E-state index is 14.3. The minimum absolute atomic E-state index is 0.184. The van der Waals surface area contributed by atoms with Gasteiger partial charge in [0.2, 0.25) is 0 Å². The third-order valence-electron chi connectivity index (χ3n) is 6.20. The molecule has 1 aromatic heterocycles. The number of nitrogens with zero attached hydrogens (tertiary/aromatic N) is 3. The number of rotatable bonds is 5. The van der Waals surface area contributed by atoms with Gasteiger partial charge in [0, 0.05) is 50.6 Å². The van der Waals surface area contributed by atoms with E-state index in [0.717, 1.165) is 6.26 Å². The van der Waals surface area contributed by atoms with Gasteiger partial charge in [-0.05, 0) is 25.0 Å². The molecule has 1 atom stereocenters. The van der Waals surface area contributed by atoms with Crippen molar-refractivity contribution >= 4 is 21.6 Å². The second-order valence-corrected chi connectivity index (χ2v) is 10.6. The van der Waals surface area contributed by atoms with Crippen LogP contribution in [-0.2, 0) is 20.8 Å². The second kappa shape index (κ2) is 9.45. The van der Waals surface area contributed by atoms with Gasteiger partial charge in [-0.3, -0.25) is 4.79 Å². The summed E-state index contributed by atoms with van der Waals surface area (Å²) in [5.41, 5.74) is -1.19. The number of piperidine rings is 1. The number of halogens is 6. The molecule has 2 saturated heterocycles. The van der Waals surface area contributed by atoms with Crippen LogP contribution in [0.1, 0.15) is 24.8 Å². The van der Waals surface area contributed by atoms with Gasteiger partial charge >= 0.3 is 6.18 Å². The Balaban J connectivity index is 1.38. The first-order valence-electron chi connectivity index (χ1n) is 10.9. The predicted octanol–water partition coefficient (Wildman–Crippen LogP) is 3.57. The number of pyridine rings is 1. The second-order valence-electron chi connectivity index (χ2n) is 8.66. The van der Waals surface area contributed by atoms with Gasteiger partial charge in [-0.2, -0.15) is 13.2 Å². The molecule has 0 aliphatic carbocycles. The average molecular weight is 537 g/mol. The number of amides is 1. The number of ether oxygens (including phenoxy) is 1. The van der Waals surface area contributed by atoms with Gasteiger partial charge in [-0.1, -0.05) is 0 Å². The molecule has 0 saturated carbocycles. The Morgan fingerprint density at radius 2 is 1.64 bits per heavy atom. The summed E-state index contributed by atoms with van der Waals surface area (Å²) >= 11 is 0. The SMILES string of the molecule is CS(=O)(=O)c1cc(F)c(OC2CCN(C3CCN(c4ncc(C(F)(F)F)cc4F)CC3)C2=O)cc1F. The molecular formula is C22H21F6N3O4S. The zero-order chi connectivity index (χ0) is 26.4. The molecule has 2 fully saturated rings. The summed E-state index contributed by atoms with van der Waals surface area (Å²) in [5, 5.41) is 0. The van der Waals surface area contributed by atoms with E-state index in [1.54, 1.807) is 0 Å². The Kier molecular flexibility index (Phi) is 6.84. The number of aromatic nitrogens is 1. The molecule has 1 amide bonds. The maximum absolute atomic E-state index is 14.3. The smallest absolute Gasteiger partial charge is 0.417 e. The first-order chi connectivity index (χ1) is 16.8. The van der Waals surface area contributed by atoms with E-state index >= 15 is 0 Å². The fourth-order valence-corrected chi connectivity index (χ4v) is 5.12. The third-order valence-corrected chi connectivity index (χ3v) is 7.31. The molecule has 36 heavy (non-hydrogen) atoms. The summed E-state index contributed by atoms with van der Waals surface area (Å²) in [4.78, 5) is 18.7. The van der Waals surface area contributed by atoms with Gasteiger partial charge in [-0.25, -0.2) is 26.6 Å². The van der Waals surface area contributed by atoms with Crippen LogP contribution in [-0.4, -0.2) is 62.2 Å². The number of anilines is 1. The molecule has 0 spiro atoms. The molecule has 1 unspecified atom stereocenters. The molecule has 1 aromatic carbocycles. The monoisotopic (exact) mass is 537 g/mol. The molecule has 2 aliphatic rings. The average Bonchev–Trinajstić information content (AvgIpc) is 3.14. The minimum Gasteiger partial charge on any atom is -0.477 e. The first-order valence-corrected chi connectivity index (χ1v) is 12.8. The summed E-state index contributed by atoms with van der Waals surface area (Å²) < 4.78 is 109. The number of sulfone groups is 1. The van der Waals surface area contributed by atoms with Crippen molar-refractivity contribution in [1.29, 1.82) is 0 Å². The highest BCUT2D eigenvalue weighted by molar-refractivity contribution is 7.90. The summed E-state index contributed by atoms with van der Waals surface area (Å²) in [6.07, 6.45) is -3.56. The van der Waals surface area contributed by atoms with Gasteiger partial charge in [-0.15, -0.1) is 0 Å². The van der Waals surface area contributed by atoms with Crippen LogP contribution in [0.2, 0.25) is 0 Å². The highest BCUT2D eigenvalue weighted by Gasteiger charge is 2.40. The number of carbonyl (C=O) groups excluding carboxylic acids is 1. The van der Waals surface area contributed by atoms with E-state index in [4.69, 9.17) is 4.74 Å². The number of hydrogen-bond donors (Lipinski definition) is 0. The summed E-state index contributed by atoms with van der Waals surface area (Å²) in [7, 11) is -4.00. The molecule has 0 bridgehead atoms. The van der Waals surface area contributed by atoms with Crippen molar-refractivity contribution in [3.63, 3.8) is 0 Å². The van der Waals surface area contributed by atoms with E-state index in [1.807, 2.05) is 0 Å². The third kappa shape index (κ3) is 5.22. The normalized spacial score (nSPS) is 19.8. The molecule has 3 heterocycles. The van der Waals surface area contributed by atoms with Crippen LogP contribution in [0.5, 0.6) is 5.75 Å². The van der Waals surface area contributed by atoms with Gasteiger partial charge < -0.3 is 14.5 Å². The fraction of sp³-hybridized carbons (Fsp3) is 0.455.